The highest BCUT2D eigenvalue weighted by Gasteiger charge is 2.50. The Morgan fingerprint density at radius 1 is 0.929 bits per heavy atom. The highest BCUT2D eigenvalue weighted by molar-refractivity contribution is 5.80. The van der Waals surface area contributed by atoms with E-state index in [1.54, 1.807) is 4.90 Å². The lowest BCUT2D eigenvalue weighted by molar-refractivity contribution is -0.137. The minimum absolute atomic E-state index is 0.0439. The molecule has 4 saturated heterocycles. The van der Waals surface area contributed by atoms with Crippen LogP contribution in [0.5, 0.6) is 0 Å². The van der Waals surface area contributed by atoms with E-state index >= 15 is 0 Å². The van der Waals surface area contributed by atoms with E-state index in [9.17, 15) is 9.59 Å². The van der Waals surface area contributed by atoms with Crippen LogP contribution in [0.3, 0.4) is 0 Å². The molecule has 2 amide bonds. The Morgan fingerprint density at radius 3 is 2.14 bits per heavy atom. The Bertz CT molecular complexity index is 568. The van der Waals surface area contributed by atoms with Gasteiger partial charge in [-0.25, -0.2) is 4.79 Å². The van der Waals surface area contributed by atoms with Gasteiger partial charge in [-0.15, -0.1) is 0 Å². The van der Waals surface area contributed by atoms with Crippen molar-refractivity contribution in [3.63, 3.8) is 0 Å². The Hall–Kier alpha value is -1.34. The van der Waals surface area contributed by atoms with Gasteiger partial charge in [-0.3, -0.25) is 4.79 Å². The van der Waals surface area contributed by atoms with Crippen molar-refractivity contribution in [1.29, 1.82) is 0 Å². The van der Waals surface area contributed by atoms with Crippen LogP contribution in [0.1, 0.15) is 32.6 Å². The Kier molecular flexibility index (Phi) is 5.83. The summed E-state index contributed by atoms with van der Waals surface area (Å²) >= 11 is 0. The van der Waals surface area contributed by atoms with Gasteiger partial charge in [-0.2, -0.15) is 0 Å². The Labute approximate surface area is 168 Å². The molecule has 4 aliphatic heterocycles. The van der Waals surface area contributed by atoms with E-state index < -0.39 is 0 Å². The lowest BCUT2D eigenvalue weighted by atomic mass is 9.72. The van der Waals surface area contributed by atoms with Crippen molar-refractivity contribution in [2.45, 2.75) is 32.6 Å². The molecule has 4 aliphatic rings. The lowest BCUT2D eigenvalue weighted by Gasteiger charge is -2.60. The van der Waals surface area contributed by atoms with Crippen LogP contribution in [0.25, 0.3) is 0 Å². The molecule has 0 bridgehead atoms. The van der Waals surface area contributed by atoms with E-state index in [0.717, 1.165) is 51.9 Å². The van der Waals surface area contributed by atoms with Crippen LogP contribution < -0.4 is 0 Å². The second kappa shape index (κ2) is 8.19. The van der Waals surface area contributed by atoms with Crippen LogP contribution in [0.2, 0.25) is 0 Å². The van der Waals surface area contributed by atoms with Crippen LogP contribution in [-0.4, -0.2) is 104 Å². The number of hydrogen-bond acceptors (Lipinski definition) is 5. The maximum Gasteiger partial charge on any atom is 0.410 e. The zero-order valence-corrected chi connectivity index (χ0v) is 17.6. The smallest absolute Gasteiger partial charge is 0.410 e. The summed E-state index contributed by atoms with van der Waals surface area (Å²) in [6.45, 7) is 11.4. The fraction of sp³-hybridized carbons (Fsp3) is 0.905. The second-order valence-electron chi connectivity index (χ2n) is 9.89. The van der Waals surface area contributed by atoms with Crippen molar-refractivity contribution in [2.24, 2.45) is 17.3 Å². The standard InChI is InChI=1S/C21H36N4O3/c1-17-3-7-25(8-4-17)20(27)28-12-19(26)24-9-5-18(6-10-24)11-23-15-21(16-23)13-22(2)14-21/h17-18H,3-16H2,1-2H3. The predicted molar refractivity (Wildman–Crippen MR) is 107 cm³/mol. The number of likely N-dealkylation sites (tertiary alicyclic amines) is 4. The second-order valence-corrected chi connectivity index (χ2v) is 9.89. The molecular weight excluding hydrogens is 356 g/mol. The third-order valence-corrected chi connectivity index (χ3v) is 7.17. The molecule has 7 nitrogen and oxygen atoms in total. The number of piperidine rings is 2. The average Bonchev–Trinajstić information content (AvgIpc) is 2.64. The summed E-state index contributed by atoms with van der Waals surface area (Å²) in [5.74, 6) is 1.32. The molecule has 4 fully saturated rings. The SMILES string of the molecule is CC1CCN(C(=O)OCC(=O)N2CCC(CN3CC4(CN(C)C4)C3)CC2)CC1. The maximum atomic E-state index is 12.4. The molecule has 0 atom stereocenters. The number of carbonyl (C=O) groups is 2. The number of ether oxygens (including phenoxy) is 1. The van der Waals surface area contributed by atoms with Gasteiger partial charge in [0, 0.05) is 64.3 Å². The maximum absolute atomic E-state index is 12.4. The number of hydrogen-bond donors (Lipinski definition) is 0. The molecule has 0 saturated carbocycles. The molecule has 4 heterocycles. The summed E-state index contributed by atoms with van der Waals surface area (Å²) < 4.78 is 5.28. The molecule has 0 aromatic heterocycles. The Morgan fingerprint density at radius 2 is 1.54 bits per heavy atom. The summed E-state index contributed by atoms with van der Waals surface area (Å²) in [6, 6.07) is 0. The summed E-state index contributed by atoms with van der Waals surface area (Å²) in [7, 11) is 2.20. The zero-order chi connectivity index (χ0) is 19.7. The van der Waals surface area contributed by atoms with Gasteiger partial charge in [0.15, 0.2) is 6.61 Å². The van der Waals surface area contributed by atoms with Crippen molar-refractivity contribution in [3.05, 3.63) is 0 Å². The molecule has 4 rings (SSSR count). The quantitative estimate of drug-likeness (QED) is 0.723. The topological polar surface area (TPSA) is 56.3 Å². The van der Waals surface area contributed by atoms with Gasteiger partial charge >= 0.3 is 6.09 Å². The third kappa shape index (κ3) is 4.46. The molecule has 0 aromatic carbocycles. The van der Waals surface area contributed by atoms with Crippen LogP contribution in [-0.2, 0) is 9.53 Å². The third-order valence-electron chi connectivity index (χ3n) is 7.17. The first kappa shape index (κ1) is 20.0. The van der Waals surface area contributed by atoms with Crippen molar-refractivity contribution in [2.75, 3.05) is 72.6 Å². The number of carbonyl (C=O) groups excluding carboxylic acids is 2. The molecular formula is C21H36N4O3. The van der Waals surface area contributed by atoms with Gasteiger partial charge in [0.1, 0.15) is 0 Å². The lowest BCUT2D eigenvalue weighted by Crippen LogP contribution is -2.71. The van der Waals surface area contributed by atoms with Gasteiger partial charge in [0.2, 0.25) is 0 Å². The monoisotopic (exact) mass is 392 g/mol. The van der Waals surface area contributed by atoms with E-state index in [1.165, 1.54) is 32.7 Å². The minimum Gasteiger partial charge on any atom is -0.439 e. The molecule has 0 unspecified atom stereocenters. The number of amides is 2. The van der Waals surface area contributed by atoms with Gasteiger partial charge in [0.25, 0.3) is 5.91 Å². The summed E-state index contributed by atoms with van der Waals surface area (Å²) in [5, 5.41) is 0. The molecule has 158 valence electrons. The molecule has 28 heavy (non-hydrogen) atoms. The van der Waals surface area contributed by atoms with Gasteiger partial charge in [-0.05, 0) is 44.6 Å². The van der Waals surface area contributed by atoms with Crippen molar-refractivity contribution < 1.29 is 14.3 Å². The zero-order valence-electron chi connectivity index (χ0n) is 17.6. The van der Waals surface area contributed by atoms with Gasteiger partial charge in [0.05, 0.1) is 0 Å². The molecule has 0 N–H and O–H groups in total. The Balaban J connectivity index is 1.10. The average molecular weight is 393 g/mol. The van der Waals surface area contributed by atoms with E-state index in [2.05, 4.69) is 23.8 Å². The van der Waals surface area contributed by atoms with Crippen molar-refractivity contribution in [3.8, 4) is 0 Å². The highest BCUT2D eigenvalue weighted by Crippen LogP contribution is 2.39. The minimum atomic E-state index is -0.330. The first-order chi connectivity index (χ1) is 13.4. The van der Waals surface area contributed by atoms with Gasteiger partial charge < -0.3 is 24.3 Å². The fourth-order valence-electron chi connectivity index (χ4n) is 5.56. The van der Waals surface area contributed by atoms with Crippen LogP contribution >= 0.6 is 0 Å². The van der Waals surface area contributed by atoms with Crippen LogP contribution in [0.15, 0.2) is 0 Å². The molecule has 7 heteroatoms. The molecule has 0 radical (unpaired) electrons. The predicted octanol–water partition coefficient (Wildman–Crippen LogP) is 1.34. The first-order valence-corrected chi connectivity index (χ1v) is 11.0. The summed E-state index contributed by atoms with van der Waals surface area (Å²) in [4.78, 5) is 33.2. The van der Waals surface area contributed by atoms with Crippen LogP contribution in [0.4, 0.5) is 4.79 Å². The van der Waals surface area contributed by atoms with Gasteiger partial charge in [-0.1, -0.05) is 6.92 Å². The van der Waals surface area contributed by atoms with E-state index in [0.29, 0.717) is 17.3 Å². The number of rotatable bonds is 4. The largest absolute Gasteiger partial charge is 0.439 e. The molecule has 0 aliphatic carbocycles. The van der Waals surface area contributed by atoms with E-state index in [4.69, 9.17) is 4.74 Å². The fourth-order valence-corrected chi connectivity index (χ4v) is 5.56. The first-order valence-electron chi connectivity index (χ1n) is 11.0. The summed E-state index contributed by atoms with van der Waals surface area (Å²) in [5.41, 5.74) is 0.599. The van der Waals surface area contributed by atoms with E-state index in [1.807, 2.05) is 4.90 Å². The van der Waals surface area contributed by atoms with Crippen molar-refractivity contribution >= 4 is 12.0 Å². The number of nitrogens with zero attached hydrogens (tertiary/aromatic N) is 4. The normalized spacial score (nSPS) is 26.8. The van der Waals surface area contributed by atoms with E-state index in [-0.39, 0.29) is 18.6 Å². The molecule has 0 aromatic rings. The molecule has 1 spiro atoms. The summed E-state index contributed by atoms with van der Waals surface area (Å²) in [6.07, 6.45) is 3.83. The van der Waals surface area contributed by atoms with Crippen LogP contribution in [0, 0.1) is 17.3 Å². The highest BCUT2D eigenvalue weighted by atomic mass is 16.6. The van der Waals surface area contributed by atoms with Crippen molar-refractivity contribution in [1.82, 2.24) is 19.6 Å².